The maximum absolute atomic E-state index is 13.0. The van der Waals surface area contributed by atoms with Crippen molar-refractivity contribution >= 4 is 21.4 Å². The van der Waals surface area contributed by atoms with Gasteiger partial charge in [-0.25, -0.2) is 4.39 Å². The standard InChI is InChI=1S/C11H12FNS/c1-7-9-4-3-8(12)5-10(9)14-11(7)6-13-2/h3-5,13H,6H2,1-2H3. The molecule has 0 atom stereocenters. The number of thiophene rings is 1. The molecule has 0 unspecified atom stereocenters. The Hall–Kier alpha value is -0.930. The van der Waals surface area contributed by atoms with E-state index in [0.29, 0.717) is 0 Å². The minimum atomic E-state index is -0.158. The molecule has 0 fully saturated rings. The Balaban J connectivity index is 2.61. The first-order valence-corrected chi connectivity index (χ1v) is 5.36. The van der Waals surface area contributed by atoms with Gasteiger partial charge in [0, 0.05) is 16.1 Å². The summed E-state index contributed by atoms with van der Waals surface area (Å²) in [6.07, 6.45) is 0. The molecule has 74 valence electrons. The monoisotopic (exact) mass is 209 g/mol. The molecule has 14 heavy (non-hydrogen) atoms. The van der Waals surface area contributed by atoms with Crippen molar-refractivity contribution in [3.63, 3.8) is 0 Å². The van der Waals surface area contributed by atoms with Crippen LogP contribution in [0.5, 0.6) is 0 Å². The fourth-order valence-corrected chi connectivity index (χ4v) is 2.83. The smallest absolute Gasteiger partial charge is 0.124 e. The predicted octanol–water partition coefficient (Wildman–Crippen LogP) is 3.07. The number of halogens is 1. The molecule has 0 spiro atoms. The molecule has 0 aliphatic heterocycles. The minimum Gasteiger partial charge on any atom is -0.315 e. The van der Waals surface area contributed by atoms with Crippen LogP contribution in [0.4, 0.5) is 4.39 Å². The predicted molar refractivity (Wildman–Crippen MR) is 59.3 cm³/mol. The Morgan fingerprint density at radius 1 is 1.43 bits per heavy atom. The highest BCUT2D eigenvalue weighted by molar-refractivity contribution is 7.19. The van der Waals surface area contributed by atoms with Crippen molar-refractivity contribution in [2.75, 3.05) is 7.05 Å². The summed E-state index contributed by atoms with van der Waals surface area (Å²) in [5, 5.41) is 4.29. The van der Waals surface area contributed by atoms with Gasteiger partial charge in [0.25, 0.3) is 0 Å². The Morgan fingerprint density at radius 3 is 2.93 bits per heavy atom. The van der Waals surface area contributed by atoms with Crippen molar-refractivity contribution in [1.82, 2.24) is 5.32 Å². The van der Waals surface area contributed by atoms with E-state index >= 15 is 0 Å². The maximum Gasteiger partial charge on any atom is 0.124 e. The molecule has 0 bridgehead atoms. The number of fused-ring (bicyclic) bond motifs is 1. The van der Waals surface area contributed by atoms with E-state index in [-0.39, 0.29) is 5.82 Å². The first-order chi connectivity index (χ1) is 6.72. The van der Waals surface area contributed by atoms with E-state index in [4.69, 9.17) is 0 Å². The fraction of sp³-hybridized carbons (Fsp3) is 0.273. The first-order valence-electron chi connectivity index (χ1n) is 4.54. The minimum absolute atomic E-state index is 0.158. The van der Waals surface area contributed by atoms with Crippen LogP contribution in [-0.4, -0.2) is 7.05 Å². The van der Waals surface area contributed by atoms with E-state index in [0.717, 1.165) is 11.2 Å². The van der Waals surface area contributed by atoms with Crippen LogP contribution in [0.15, 0.2) is 18.2 Å². The third-order valence-corrected chi connectivity index (χ3v) is 3.59. The van der Waals surface area contributed by atoms with E-state index in [9.17, 15) is 4.39 Å². The molecule has 0 aliphatic rings. The lowest BCUT2D eigenvalue weighted by atomic mass is 10.1. The van der Waals surface area contributed by atoms with Crippen LogP contribution in [0, 0.1) is 12.7 Å². The van der Waals surface area contributed by atoms with Crippen molar-refractivity contribution in [3.05, 3.63) is 34.5 Å². The van der Waals surface area contributed by atoms with Gasteiger partial charge in [0.05, 0.1) is 0 Å². The second kappa shape index (κ2) is 3.67. The summed E-state index contributed by atoms with van der Waals surface area (Å²) in [4.78, 5) is 1.29. The van der Waals surface area contributed by atoms with Crippen LogP contribution in [0.1, 0.15) is 10.4 Å². The van der Waals surface area contributed by atoms with Gasteiger partial charge in [-0.05, 0) is 37.1 Å². The highest BCUT2D eigenvalue weighted by atomic mass is 32.1. The third-order valence-electron chi connectivity index (χ3n) is 2.34. The SMILES string of the molecule is CNCc1sc2cc(F)ccc2c1C. The van der Waals surface area contributed by atoms with Gasteiger partial charge < -0.3 is 5.32 Å². The number of hydrogen-bond donors (Lipinski definition) is 1. The average Bonchev–Trinajstić information content (AvgIpc) is 2.44. The van der Waals surface area contributed by atoms with Gasteiger partial charge in [0.1, 0.15) is 5.82 Å². The lowest BCUT2D eigenvalue weighted by Crippen LogP contribution is -2.03. The molecule has 1 nitrogen and oxygen atoms in total. The Kier molecular flexibility index (Phi) is 2.52. The molecule has 0 saturated heterocycles. The van der Waals surface area contributed by atoms with Gasteiger partial charge in [-0.1, -0.05) is 6.07 Å². The van der Waals surface area contributed by atoms with Gasteiger partial charge in [0.2, 0.25) is 0 Å². The van der Waals surface area contributed by atoms with Crippen molar-refractivity contribution in [1.29, 1.82) is 0 Å². The van der Waals surface area contributed by atoms with E-state index in [1.165, 1.54) is 21.9 Å². The lowest BCUT2D eigenvalue weighted by Gasteiger charge is -1.96. The zero-order valence-corrected chi connectivity index (χ0v) is 9.04. The number of hydrogen-bond acceptors (Lipinski definition) is 2. The molecular formula is C11H12FNS. The van der Waals surface area contributed by atoms with E-state index in [2.05, 4.69) is 12.2 Å². The van der Waals surface area contributed by atoms with Crippen LogP contribution in [0.3, 0.4) is 0 Å². The largest absolute Gasteiger partial charge is 0.315 e. The quantitative estimate of drug-likeness (QED) is 0.801. The van der Waals surface area contributed by atoms with Gasteiger partial charge in [-0.2, -0.15) is 0 Å². The van der Waals surface area contributed by atoms with Crippen LogP contribution in [-0.2, 0) is 6.54 Å². The number of benzene rings is 1. The summed E-state index contributed by atoms with van der Waals surface area (Å²) >= 11 is 1.66. The zero-order valence-electron chi connectivity index (χ0n) is 8.23. The van der Waals surface area contributed by atoms with E-state index in [1.54, 1.807) is 17.4 Å². The highest BCUT2D eigenvalue weighted by Gasteiger charge is 2.07. The lowest BCUT2D eigenvalue weighted by molar-refractivity contribution is 0.630. The molecule has 2 rings (SSSR count). The summed E-state index contributed by atoms with van der Waals surface area (Å²) < 4.78 is 14.0. The molecular weight excluding hydrogens is 197 g/mol. The summed E-state index contributed by atoms with van der Waals surface area (Å²) in [6.45, 7) is 2.94. The molecule has 1 aromatic carbocycles. The Labute approximate surface area is 86.6 Å². The van der Waals surface area contributed by atoms with E-state index < -0.39 is 0 Å². The summed E-state index contributed by atoms with van der Waals surface area (Å²) in [5.74, 6) is -0.158. The molecule has 0 saturated carbocycles. The summed E-state index contributed by atoms with van der Waals surface area (Å²) in [7, 11) is 1.92. The first kappa shape index (κ1) is 9.62. The fourth-order valence-electron chi connectivity index (χ4n) is 1.58. The van der Waals surface area contributed by atoms with Crippen molar-refractivity contribution in [3.8, 4) is 0 Å². The Bertz CT molecular complexity index is 462. The van der Waals surface area contributed by atoms with Gasteiger partial charge >= 0.3 is 0 Å². The molecule has 3 heteroatoms. The van der Waals surface area contributed by atoms with Crippen LogP contribution >= 0.6 is 11.3 Å². The average molecular weight is 209 g/mol. The molecule has 1 N–H and O–H groups in total. The summed E-state index contributed by atoms with van der Waals surface area (Å²) in [6, 6.07) is 4.98. The van der Waals surface area contributed by atoms with Crippen molar-refractivity contribution in [2.45, 2.75) is 13.5 Å². The van der Waals surface area contributed by atoms with Gasteiger partial charge in [-0.15, -0.1) is 11.3 Å². The van der Waals surface area contributed by atoms with Gasteiger partial charge in [0.15, 0.2) is 0 Å². The van der Waals surface area contributed by atoms with Crippen LogP contribution < -0.4 is 5.32 Å². The number of nitrogens with one attached hydrogen (secondary N) is 1. The maximum atomic E-state index is 13.0. The van der Waals surface area contributed by atoms with E-state index in [1.807, 2.05) is 13.1 Å². The second-order valence-corrected chi connectivity index (χ2v) is 4.46. The normalized spacial score (nSPS) is 11.1. The molecule has 0 amide bonds. The van der Waals surface area contributed by atoms with Crippen LogP contribution in [0.25, 0.3) is 10.1 Å². The van der Waals surface area contributed by atoms with Crippen molar-refractivity contribution in [2.24, 2.45) is 0 Å². The third kappa shape index (κ3) is 1.53. The Morgan fingerprint density at radius 2 is 2.21 bits per heavy atom. The van der Waals surface area contributed by atoms with Gasteiger partial charge in [-0.3, -0.25) is 0 Å². The zero-order chi connectivity index (χ0) is 10.1. The summed E-state index contributed by atoms with van der Waals surface area (Å²) in [5.41, 5.74) is 1.26. The number of aryl methyl sites for hydroxylation is 1. The molecule has 2 aromatic rings. The number of rotatable bonds is 2. The molecule has 0 radical (unpaired) electrons. The van der Waals surface area contributed by atoms with Crippen LogP contribution in [0.2, 0.25) is 0 Å². The molecule has 1 aromatic heterocycles. The second-order valence-electron chi connectivity index (χ2n) is 3.32. The molecule has 1 heterocycles. The highest BCUT2D eigenvalue weighted by Crippen LogP contribution is 2.30. The topological polar surface area (TPSA) is 12.0 Å². The van der Waals surface area contributed by atoms with Crippen molar-refractivity contribution < 1.29 is 4.39 Å². The molecule has 0 aliphatic carbocycles.